The lowest BCUT2D eigenvalue weighted by atomic mass is 9.97. The van der Waals surface area contributed by atoms with Gasteiger partial charge in [0, 0.05) is 52.6 Å². The molecule has 1 aromatic rings. The lowest BCUT2D eigenvalue weighted by molar-refractivity contribution is 0.121. The Kier molecular flexibility index (Phi) is 10.4. The highest BCUT2D eigenvalue weighted by atomic mass is 127. The number of pyridine rings is 1. The van der Waals surface area contributed by atoms with E-state index in [0.717, 1.165) is 58.3 Å². The fraction of sp³-hybridized carbons (Fsp3) is 0.700. The number of nitrogens with one attached hydrogen (secondary N) is 2. The van der Waals surface area contributed by atoms with E-state index in [0.29, 0.717) is 11.7 Å². The monoisotopic (exact) mass is 520 g/mol. The molecule has 3 rings (SSSR count). The Morgan fingerprint density at radius 2 is 2.10 bits per heavy atom. The lowest BCUT2D eigenvalue weighted by Gasteiger charge is -2.32. The van der Waals surface area contributed by atoms with Gasteiger partial charge < -0.3 is 25.2 Å². The number of likely N-dealkylation sites (tertiary alicyclic amines) is 1. The molecular formula is C20H34FIN6O. The minimum atomic E-state index is -0.262. The number of hydrogen-bond donors (Lipinski definition) is 2. The lowest BCUT2D eigenvalue weighted by Crippen LogP contribution is -2.47. The second-order valence-electron chi connectivity index (χ2n) is 7.62. The predicted molar refractivity (Wildman–Crippen MR) is 126 cm³/mol. The Bertz CT molecular complexity index is 641. The van der Waals surface area contributed by atoms with Crippen LogP contribution >= 0.6 is 24.0 Å². The smallest absolute Gasteiger partial charge is 0.191 e. The number of halogens is 2. The number of methoxy groups -OCH3 is 1. The zero-order valence-corrected chi connectivity index (χ0v) is 19.8. The molecule has 164 valence electrons. The Labute approximate surface area is 190 Å². The van der Waals surface area contributed by atoms with E-state index < -0.39 is 0 Å². The standard InChI is InChI=1S/C20H33FN6O.HI/c1-22-20(24-14-16-5-9-26(10-6-16)12-13-28-2)25-17-7-11-27(15-17)19-18(21)4-3-8-23-19;/h3-4,8,16-17H,5-7,9-15H2,1-2H3,(H2,22,24,25);1H. The molecule has 0 aliphatic carbocycles. The first kappa shape index (κ1) is 24.1. The molecule has 7 nitrogen and oxygen atoms in total. The van der Waals surface area contributed by atoms with E-state index in [9.17, 15) is 4.39 Å². The summed E-state index contributed by atoms with van der Waals surface area (Å²) in [7, 11) is 3.56. The van der Waals surface area contributed by atoms with Gasteiger partial charge in [0.05, 0.1) is 6.61 Å². The van der Waals surface area contributed by atoms with Crippen LogP contribution in [0.25, 0.3) is 0 Å². The number of piperidine rings is 1. The largest absolute Gasteiger partial charge is 0.383 e. The predicted octanol–water partition coefficient (Wildman–Crippen LogP) is 1.94. The van der Waals surface area contributed by atoms with E-state index in [4.69, 9.17) is 4.74 Å². The summed E-state index contributed by atoms with van der Waals surface area (Å²) in [5.41, 5.74) is 0. The first-order valence-corrected chi connectivity index (χ1v) is 10.2. The zero-order valence-electron chi connectivity index (χ0n) is 17.4. The molecule has 2 aliphatic heterocycles. The summed E-state index contributed by atoms with van der Waals surface area (Å²) in [4.78, 5) is 13.0. The summed E-state index contributed by atoms with van der Waals surface area (Å²) < 4.78 is 19.1. The fourth-order valence-corrected chi connectivity index (χ4v) is 3.94. The van der Waals surface area contributed by atoms with E-state index in [2.05, 4.69) is 25.5 Å². The van der Waals surface area contributed by atoms with Crippen LogP contribution in [0.4, 0.5) is 10.2 Å². The molecular weight excluding hydrogens is 486 g/mol. The van der Waals surface area contributed by atoms with Crippen LogP contribution in [-0.4, -0.2) is 81.9 Å². The third kappa shape index (κ3) is 7.21. The number of rotatable bonds is 7. The van der Waals surface area contributed by atoms with Gasteiger partial charge in [-0.3, -0.25) is 4.99 Å². The van der Waals surface area contributed by atoms with Gasteiger partial charge in [-0.15, -0.1) is 24.0 Å². The molecule has 3 heterocycles. The molecule has 29 heavy (non-hydrogen) atoms. The Morgan fingerprint density at radius 1 is 1.31 bits per heavy atom. The van der Waals surface area contributed by atoms with Crippen molar-refractivity contribution in [2.45, 2.75) is 25.3 Å². The number of nitrogens with zero attached hydrogens (tertiary/aromatic N) is 4. The molecule has 2 N–H and O–H groups in total. The van der Waals surface area contributed by atoms with Crippen molar-refractivity contribution >= 4 is 35.8 Å². The van der Waals surface area contributed by atoms with Crippen LogP contribution in [0.2, 0.25) is 0 Å². The summed E-state index contributed by atoms with van der Waals surface area (Å²) in [6.45, 7) is 6.55. The van der Waals surface area contributed by atoms with Crippen LogP contribution in [0.3, 0.4) is 0 Å². The Morgan fingerprint density at radius 3 is 2.79 bits per heavy atom. The molecule has 2 fully saturated rings. The molecule has 1 atom stereocenters. The number of aromatic nitrogens is 1. The summed E-state index contributed by atoms with van der Waals surface area (Å²) >= 11 is 0. The second kappa shape index (κ2) is 12.5. The summed E-state index contributed by atoms with van der Waals surface area (Å²) in [5, 5.41) is 6.96. The van der Waals surface area contributed by atoms with Crippen molar-refractivity contribution in [3.63, 3.8) is 0 Å². The van der Waals surface area contributed by atoms with E-state index in [1.165, 1.54) is 18.9 Å². The molecule has 1 aromatic heterocycles. The molecule has 0 spiro atoms. The first-order chi connectivity index (χ1) is 13.7. The maximum Gasteiger partial charge on any atom is 0.191 e. The molecule has 0 bridgehead atoms. The minimum absolute atomic E-state index is 0. The van der Waals surface area contributed by atoms with E-state index in [1.54, 1.807) is 26.4 Å². The maximum absolute atomic E-state index is 13.9. The average molecular weight is 520 g/mol. The van der Waals surface area contributed by atoms with Crippen LogP contribution < -0.4 is 15.5 Å². The number of hydrogen-bond acceptors (Lipinski definition) is 5. The van der Waals surface area contributed by atoms with Crippen LogP contribution in [0.5, 0.6) is 0 Å². The highest BCUT2D eigenvalue weighted by Crippen LogP contribution is 2.21. The SMILES string of the molecule is CN=C(NCC1CCN(CCOC)CC1)NC1CCN(c2ncccc2F)C1.I. The van der Waals surface area contributed by atoms with Gasteiger partial charge in [0.25, 0.3) is 0 Å². The quantitative estimate of drug-likeness (QED) is 0.326. The zero-order chi connectivity index (χ0) is 19.8. The van der Waals surface area contributed by atoms with Gasteiger partial charge in [0.2, 0.25) is 0 Å². The second-order valence-corrected chi connectivity index (χ2v) is 7.62. The highest BCUT2D eigenvalue weighted by molar-refractivity contribution is 14.0. The molecule has 9 heteroatoms. The van der Waals surface area contributed by atoms with Crippen molar-refractivity contribution in [3.8, 4) is 0 Å². The number of ether oxygens (including phenoxy) is 1. The van der Waals surface area contributed by atoms with Crippen molar-refractivity contribution in [1.82, 2.24) is 20.5 Å². The van der Waals surface area contributed by atoms with Gasteiger partial charge in [0.15, 0.2) is 17.6 Å². The topological polar surface area (TPSA) is 65.0 Å². The van der Waals surface area contributed by atoms with Crippen molar-refractivity contribution in [2.75, 3.05) is 64.9 Å². The van der Waals surface area contributed by atoms with Crippen molar-refractivity contribution in [2.24, 2.45) is 10.9 Å². The fourth-order valence-electron chi connectivity index (χ4n) is 3.94. The van der Waals surface area contributed by atoms with Crippen molar-refractivity contribution in [3.05, 3.63) is 24.1 Å². The van der Waals surface area contributed by atoms with Gasteiger partial charge >= 0.3 is 0 Å². The summed E-state index contributed by atoms with van der Waals surface area (Å²) in [5.74, 6) is 1.67. The molecule has 0 radical (unpaired) electrons. The normalized spacial score (nSPS) is 21.1. The number of guanidine groups is 1. The number of anilines is 1. The van der Waals surface area contributed by atoms with Gasteiger partial charge in [-0.25, -0.2) is 9.37 Å². The van der Waals surface area contributed by atoms with E-state index in [1.807, 2.05) is 4.90 Å². The third-order valence-corrected chi connectivity index (χ3v) is 5.67. The van der Waals surface area contributed by atoms with Gasteiger partial charge in [-0.2, -0.15) is 0 Å². The van der Waals surface area contributed by atoms with Crippen LogP contribution in [0.15, 0.2) is 23.3 Å². The van der Waals surface area contributed by atoms with Crippen LogP contribution in [0.1, 0.15) is 19.3 Å². The molecule has 2 saturated heterocycles. The third-order valence-electron chi connectivity index (χ3n) is 5.67. The molecule has 0 saturated carbocycles. The summed E-state index contributed by atoms with van der Waals surface area (Å²) in [6.07, 6.45) is 4.97. The minimum Gasteiger partial charge on any atom is -0.383 e. The van der Waals surface area contributed by atoms with Crippen LogP contribution in [0, 0.1) is 11.7 Å². The Hall–Kier alpha value is -1.20. The van der Waals surface area contributed by atoms with E-state index in [-0.39, 0.29) is 35.8 Å². The molecule has 0 aromatic carbocycles. The highest BCUT2D eigenvalue weighted by Gasteiger charge is 2.26. The molecule has 1 unspecified atom stereocenters. The van der Waals surface area contributed by atoms with Gasteiger partial charge in [-0.05, 0) is 50.4 Å². The Balaban J connectivity index is 0.00000300. The van der Waals surface area contributed by atoms with Crippen molar-refractivity contribution in [1.29, 1.82) is 0 Å². The van der Waals surface area contributed by atoms with Crippen LogP contribution in [-0.2, 0) is 4.74 Å². The molecule has 0 amide bonds. The van der Waals surface area contributed by atoms with Gasteiger partial charge in [-0.1, -0.05) is 0 Å². The average Bonchev–Trinajstić information content (AvgIpc) is 3.19. The van der Waals surface area contributed by atoms with Crippen molar-refractivity contribution < 1.29 is 9.13 Å². The van der Waals surface area contributed by atoms with Gasteiger partial charge in [0.1, 0.15) is 0 Å². The first-order valence-electron chi connectivity index (χ1n) is 10.2. The maximum atomic E-state index is 13.9. The van der Waals surface area contributed by atoms with E-state index >= 15 is 0 Å². The molecule has 2 aliphatic rings. The number of aliphatic imine (C=N–C) groups is 1. The summed E-state index contributed by atoms with van der Waals surface area (Å²) in [6, 6.07) is 3.33.